The van der Waals surface area contributed by atoms with Crippen molar-refractivity contribution in [2.45, 2.75) is 55.2 Å². The van der Waals surface area contributed by atoms with Crippen LogP contribution in [0.1, 0.15) is 36.9 Å². The zero-order valence-electron chi connectivity index (χ0n) is 30.2. The molecule has 2 aromatic heterocycles. The first-order valence-corrected chi connectivity index (χ1v) is 22.1. The summed E-state index contributed by atoms with van der Waals surface area (Å²) in [5, 5.41) is 13.9. The van der Waals surface area contributed by atoms with Crippen molar-refractivity contribution in [3.63, 3.8) is 0 Å². The Kier molecular flexibility index (Phi) is 13.0. The van der Waals surface area contributed by atoms with Gasteiger partial charge in [0.1, 0.15) is 12.4 Å². The molecule has 1 aliphatic rings. The van der Waals surface area contributed by atoms with Crippen LogP contribution in [0.3, 0.4) is 0 Å². The monoisotopic (exact) mass is 801 g/mol. The molecule has 0 saturated heterocycles. The second kappa shape index (κ2) is 17.1. The fraction of sp³-hybridized carbons (Fsp3) is 0.412. The van der Waals surface area contributed by atoms with Crippen LogP contribution >= 0.6 is 30.2 Å². The molecule has 2 aromatic carbocycles. The van der Waals surface area contributed by atoms with E-state index in [0.717, 1.165) is 46.4 Å². The van der Waals surface area contributed by atoms with Crippen molar-refractivity contribution in [1.29, 1.82) is 0 Å². The van der Waals surface area contributed by atoms with Crippen molar-refractivity contribution in [1.82, 2.24) is 25.1 Å². The van der Waals surface area contributed by atoms with E-state index in [9.17, 15) is 22.8 Å². The molecule has 1 saturated carbocycles. The van der Waals surface area contributed by atoms with E-state index in [-0.39, 0.29) is 55.4 Å². The Morgan fingerprint density at radius 3 is 2.53 bits per heavy atom. The first-order chi connectivity index (χ1) is 25.2. The van der Waals surface area contributed by atoms with Crippen LogP contribution in [-0.2, 0) is 31.4 Å². The third-order valence-electron chi connectivity index (χ3n) is 9.10. The largest absolute Gasteiger partial charge is 0.447 e. The minimum Gasteiger partial charge on any atom is -0.447 e. The maximum absolute atomic E-state index is 14.1. The lowest BCUT2D eigenvalue weighted by Crippen LogP contribution is -2.42. The first kappa shape index (κ1) is 40.4. The molecule has 1 aliphatic carbocycles. The van der Waals surface area contributed by atoms with Crippen molar-refractivity contribution >= 4 is 91.8 Å². The van der Waals surface area contributed by atoms with Crippen LogP contribution in [0.5, 0.6) is 0 Å². The molecule has 0 bridgehead atoms. The van der Waals surface area contributed by atoms with Gasteiger partial charge in [-0.25, -0.2) is 28.2 Å². The Hall–Kier alpha value is -3.80. The Balaban J connectivity index is 1.37. The molecule has 15 nitrogen and oxygen atoms in total. The fourth-order valence-corrected chi connectivity index (χ4v) is 10.1. The summed E-state index contributed by atoms with van der Waals surface area (Å²) in [7, 11) is 2.43. The van der Waals surface area contributed by atoms with E-state index in [1.807, 2.05) is 48.8 Å². The second-order valence-electron chi connectivity index (χ2n) is 12.8. The molecule has 4 aromatic rings. The van der Waals surface area contributed by atoms with E-state index in [2.05, 4.69) is 15.4 Å². The molecule has 5 N–H and O–H groups in total. The zero-order chi connectivity index (χ0) is 38.5. The fourth-order valence-electron chi connectivity index (χ4n) is 5.77. The summed E-state index contributed by atoms with van der Waals surface area (Å²) in [6, 6.07) is 11.4. The smallest absolute Gasteiger partial charge is 0.421 e. The number of ether oxygens (including phenoxy) is 1. The number of hydrogen-bond donors (Lipinski definition) is 3. The Morgan fingerprint density at radius 1 is 1.13 bits per heavy atom. The van der Waals surface area contributed by atoms with E-state index in [1.54, 1.807) is 31.8 Å². The average Bonchev–Trinajstić information content (AvgIpc) is 3.40. The van der Waals surface area contributed by atoms with Gasteiger partial charge in [-0.3, -0.25) is 14.3 Å². The highest BCUT2D eigenvalue weighted by Gasteiger charge is 2.40. The molecular weight excluding hydrogens is 758 g/mol. The highest BCUT2D eigenvalue weighted by atomic mass is 33.1. The number of hydrogen-bond acceptors (Lipinski definition) is 13. The van der Waals surface area contributed by atoms with Crippen molar-refractivity contribution in [2.24, 2.45) is 17.9 Å². The molecule has 1 fully saturated rings. The lowest BCUT2D eigenvalue weighted by atomic mass is 9.85. The summed E-state index contributed by atoms with van der Waals surface area (Å²) in [4.78, 5) is 50.9. The quantitative estimate of drug-likeness (QED) is 0.104. The highest BCUT2D eigenvalue weighted by molar-refractivity contribution is 8.77. The van der Waals surface area contributed by atoms with Crippen LogP contribution in [0.4, 0.5) is 27.9 Å². The topological polar surface area (TPSA) is 209 Å². The van der Waals surface area contributed by atoms with Crippen LogP contribution in [0, 0.1) is 13.8 Å². The molecule has 53 heavy (non-hydrogen) atoms. The summed E-state index contributed by atoms with van der Waals surface area (Å²) in [5.41, 5.74) is 8.78. The summed E-state index contributed by atoms with van der Waals surface area (Å²) in [5.74, 6) is 0.240. The van der Waals surface area contributed by atoms with Crippen molar-refractivity contribution in [2.75, 3.05) is 42.4 Å². The van der Waals surface area contributed by atoms with Gasteiger partial charge in [-0.05, 0) is 88.3 Å². The van der Waals surface area contributed by atoms with Crippen molar-refractivity contribution in [3.05, 3.63) is 59.9 Å². The number of primary sulfonamides is 1. The Morgan fingerprint density at radius 2 is 1.87 bits per heavy atom. The number of carbonyl (C=O) groups is 3. The standard InChI is InChI=1S/C34H44N9O6PS3/c1-21-7-8-24(18-28(21)53(36,47)48)43(32-37-16-12-29(39-32)41(3)23-9-10-25-22(2)42(4)40-27(25)17-23)33(46)49-20-34(13-6-14-34)52-51-19-30(44)38-26(11-15-35)31(45)50-5/h7-10,12,16-18,26,50H,6,11,13-15,19-20,35H2,1-5H3,(H,38,44)(H2,36,47,48)/t26-/m0/s1. The summed E-state index contributed by atoms with van der Waals surface area (Å²) < 4.78 is 32.3. The van der Waals surface area contributed by atoms with E-state index in [0.29, 0.717) is 17.8 Å². The number of aromatic nitrogens is 4. The summed E-state index contributed by atoms with van der Waals surface area (Å²) >= 11 is 0. The number of nitrogens with two attached hydrogens (primary N) is 2. The molecule has 1 unspecified atom stereocenters. The van der Waals surface area contributed by atoms with Crippen LogP contribution in [0.2, 0.25) is 0 Å². The van der Waals surface area contributed by atoms with E-state index < -0.39 is 26.9 Å². The predicted molar refractivity (Wildman–Crippen MR) is 213 cm³/mol. The zero-order valence-corrected chi connectivity index (χ0v) is 33.6. The number of aryl methyl sites for hydroxylation is 3. The van der Waals surface area contributed by atoms with E-state index >= 15 is 0 Å². The lowest BCUT2D eigenvalue weighted by molar-refractivity contribution is -0.122. The van der Waals surface area contributed by atoms with Crippen molar-refractivity contribution < 1.29 is 27.5 Å². The van der Waals surface area contributed by atoms with Gasteiger partial charge >= 0.3 is 6.09 Å². The third-order valence-corrected chi connectivity index (χ3v) is 14.1. The molecule has 19 heteroatoms. The predicted octanol–water partition coefficient (Wildman–Crippen LogP) is 4.64. The number of sulfonamides is 1. The highest BCUT2D eigenvalue weighted by Crippen LogP contribution is 2.50. The maximum atomic E-state index is 14.1. The number of rotatable bonds is 16. The molecule has 0 spiro atoms. The number of nitrogens with one attached hydrogen (secondary N) is 1. The molecule has 0 radical (unpaired) electrons. The minimum atomic E-state index is -4.14. The van der Waals surface area contributed by atoms with Gasteiger partial charge in [0.2, 0.25) is 21.9 Å². The van der Waals surface area contributed by atoms with Gasteiger partial charge in [-0.15, -0.1) is 0 Å². The van der Waals surface area contributed by atoms with Gasteiger partial charge < -0.3 is 20.7 Å². The number of benzene rings is 2. The number of nitrogens with zero attached hydrogens (tertiary/aromatic N) is 6. The summed E-state index contributed by atoms with van der Waals surface area (Å²) in [6.07, 6.45) is 3.48. The van der Waals surface area contributed by atoms with Gasteiger partial charge in [0.05, 0.1) is 32.6 Å². The molecular formula is C34H44N9O6PS3. The van der Waals surface area contributed by atoms with Gasteiger partial charge in [0.25, 0.3) is 0 Å². The van der Waals surface area contributed by atoms with Crippen molar-refractivity contribution in [3.8, 4) is 0 Å². The van der Waals surface area contributed by atoms with Gasteiger partial charge in [0.15, 0.2) is 5.52 Å². The molecule has 0 aliphatic heterocycles. The SMILES string of the molecule is CPC(=O)[C@H](CCN)NC(=O)CSSC1(COC(=O)N(c2ccc(C)c(S(N)(=O)=O)c2)c2nccc(N(C)c3ccc4c(C)n(C)nc4c3)n2)CCC1. The molecule has 2 heterocycles. The first-order valence-electron chi connectivity index (χ1n) is 16.8. The summed E-state index contributed by atoms with van der Waals surface area (Å²) in [6.45, 7) is 5.68. The Bertz CT molecular complexity index is 2110. The van der Waals surface area contributed by atoms with Crippen LogP contribution < -0.4 is 26.0 Å². The van der Waals surface area contributed by atoms with Crippen LogP contribution in [-0.4, -0.2) is 89.1 Å². The molecule has 2 amide bonds. The minimum absolute atomic E-state index is 0.0177. The normalized spacial score (nSPS) is 14.5. The van der Waals surface area contributed by atoms with Gasteiger partial charge in [-0.2, -0.15) is 10.1 Å². The molecule has 284 valence electrons. The number of fused-ring (bicyclic) bond motifs is 1. The van der Waals surface area contributed by atoms with Crippen LogP contribution in [0.15, 0.2) is 53.6 Å². The third kappa shape index (κ3) is 9.48. The van der Waals surface area contributed by atoms with Gasteiger partial charge in [0, 0.05) is 37.1 Å². The lowest BCUT2D eigenvalue weighted by Gasteiger charge is -2.40. The second-order valence-corrected chi connectivity index (χ2v) is 18.0. The van der Waals surface area contributed by atoms with Crippen LogP contribution in [0.25, 0.3) is 10.9 Å². The molecule has 2 atom stereocenters. The number of amides is 2. The number of carbonyl (C=O) groups excluding carboxylic acids is 3. The van der Waals surface area contributed by atoms with Gasteiger partial charge in [-0.1, -0.05) is 42.7 Å². The maximum Gasteiger partial charge on any atom is 0.421 e. The Labute approximate surface area is 318 Å². The number of anilines is 4. The van der Waals surface area contributed by atoms with E-state index in [4.69, 9.17) is 20.6 Å². The molecule has 5 rings (SSSR count). The van der Waals surface area contributed by atoms with E-state index in [1.165, 1.54) is 33.9 Å². The average molecular weight is 802 g/mol.